The van der Waals surface area contributed by atoms with Crippen LogP contribution in [0.2, 0.25) is 0 Å². The molecule has 2 aromatic heterocycles. The van der Waals surface area contributed by atoms with E-state index in [9.17, 15) is 17.6 Å². The summed E-state index contributed by atoms with van der Waals surface area (Å²) in [5.41, 5.74) is 1.02. The van der Waals surface area contributed by atoms with E-state index in [1.54, 1.807) is 37.4 Å². The first-order chi connectivity index (χ1) is 19.0. The van der Waals surface area contributed by atoms with Crippen LogP contribution in [0.5, 0.6) is 0 Å². The Morgan fingerprint density at radius 1 is 1.00 bits per heavy atom. The number of rotatable bonds is 10. The molecule has 0 spiro atoms. The number of fused-ring (bicyclic) bond motifs is 1. The van der Waals surface area contributed by atoms with Crippen molar-refractivity contribution in [3.8, 4) is 5.82 Å². The van der Waals surface area contributed by atoms with E-state index in [1.807, 2.05) is 4.90 Å². The summed E-state index contributed by atoms with van der Waals surface area (Å²) in [5.74, 6) is 1.30. The molecule has 2 aliphatic rings. The van der Waals surface area contributed by atoms with Crippen LogP contribution >= 0.6 is 0 Å². The SMILES string of the molecule is CN(C(CF)CF)C1CCC(CNc2nc(N3CCOCC3)cc(-n3c(C(F)F)nc4ccccc43)n2)CC1. The fourth-order valence-corrected chi connectivity index (χ4v) is 5.55. The summed E-state index contributed by atoms with van der Waals surface area (Å²) in [5, 5.41) is 3.35. The van der Waals surface area contributed by atoms with Crippen LogP contribution in [0.3, 0.4) is 0 Å². The monoisotopic (exact) mass is 549 g/mol. The van der Waals surface area contributed by atoms with Crippen molar-refractivity contribution in [2.24, 2.45) is 5.92 Å². The van der Waals surface area contributed by atoms with Crippen molar-refractivity contribution in [1.82, 2.24) is 24.4 Å². The zero-order valence-electron chi connectivity index (χ0n) is 22.1. The first-order valence-corrected chi connectivity index (χ1v) is 13.5. The molecule has 12 heteroatoms. The fourth-order valence-electron chi connectivity index (χ4n) is 5.55. The lowest BCUT2D eigenvalue weighted by Crippen LogP contribution is -2.44. The van der Waals surface area contributed by atoms with Crippen molar-refractivity contribution < 1.29 is 22.3 Å². The van der Waals surface area contributed by atoms with E-state index in [0.29, 0.717) is 67.4 Å². The number of aromatic nitrogens is 4. The van der Waals surface area contributed by atoms with Gasteiger partial charge in [-0.25, -0.2) is 22.5 Å². The third-order valence-electron chi connectivity index (χ3n) is 7.92. The van der Waals surface area contributed by atoms with Gasteiger partial charge in [-0.1, -0.05) is 12.1 Å². The summed E-state index contributed by atoms with van der Waals surface area (Å²) in [6.07, 6.45) is 0.754. The topological polar surface area (TPSA) is 71.3 Å². The van der Waals surface area contributed by atoms with Crippen LogP contribution in [0, 0.1) is 5.92 Å². The third kappa shape index (κ3) is 6.11. The van der Waals surface area contributed by atoms with Crippen LogP contribution in [0.15, 0.2) is 30.3 Å². The van der Waals surface area contributed by atoms with Gasteiger partial charge < -0.3 is 15.0 Å². The highest BCUT2D eigenvalue weighted by Crippen LogP contribution is 2.31. The van der Waals surface area contributed by atoms with E-state index >= 15 is 0 Å². The molecule has 0 unspecified atom stereocenters. The number of anilines is 2. The highest BCUT2D eigenvalue weighted by atomic mass is 19.3. The average Bonchev–Trinajstić information content (AvgIpc) is 3.37. The number of alkyl halides is 4. The normalized spacial score (nSPS) is 20.5. The molecule has 39 heavy (non-hydrogen) atoms. The van der Waals surface area contributed by atoms with E-state index in [4.69, 9.17) is 9.72 Å². The summed E-state index contributed by atoms with van der Waals surface area (Å²) in [4.78, 5) is 17.5. The number of halogens is 4. The van der Waals surface area contributed by atoms with Crippen molar-refractivity contribution in [2.45, 2.75) is 44.2 Å². The summed E-state index contributed by atoms with van der Waals surface area (Å²) < 4.78 is 61.3. The van der Waals surface area contributed by atoms with E-state index in [2.05, 4.69) is 20.2 Å². The Hall–Kier alpha value is -2.99. The van der Waals surface area contributed by atoms with Gasteiger partial charge >= 0.3 is 0 Å². The minimum atomic E-state index is -2.78. The summed E-state index contributed by atoms with van der Waals surface area (Å²) in [6.45, 7) is 1.63. The van der Waals surface area contributed by atoms with Crippen molar-refractivity contribution in [3.05, 3.63) is 36.2 Å². The van der Waals surface area contributed by atoms with Crippen LogP contribution in [0.4, 0.5) is 29.3 Å². The van der Waals surface area contributed by atoms with E-state index in [0.717, 1.165) is 25.7 Å². The van der Waals surface area contributed by atoms with Gasteiger partial charge in [-0.05, 0) is 50.8 Å². The lowest BCUT2D eigenvalue weighted by molar-refractivity contribution is 0.0896. The number of hydrogen-bond donors (Lipinski definition) is 1. The molecule has 1 aliphatic heterocycles. The van der Waals surface area contributed by atoms with Gasteiger partial charge in [0.1, 0.15) is 25.0 Å². The van der Waals surface area contributed by atoms with Crippen LogP contribution in [0.1, 0.15) is 37.9 Å². The summed E-state index contributed by atoms with van der Waals surface area (Å²) >= 11 is 0. The second kappa shape index (κ2) is 12.5. The van der Waals surface area contributed by atoms with Crippen LogP contribution in [0.25, 0.3) is 16.9 Å². The molecule has 8 nitrogen and oxygen atoms in total. The zero-order chi connectivity index (χ0) is 27.4. The Bertz CT molecular complexity index is 1220. The molecule has 1 saturated heterocycles. The molecule has 212 valence electrons. The molecule has 2 fully saturated rings. The Labute approximate surface area is 225 Å². The van der Waals surface area contributed by atoms with Gasteiger partial charge in [0, 0.05) is 31.7 Å². The quantitative estimate of drug-likeness (QED) is 0.365. The lowest BCUT2D eigenvalue weighted by Gasteiger charge is -2.37. The molecule has 1 saturated carbocycles. The molecule has 0 radical (unpaired) electrons. The van der Waals surface area contributed by atoms with Gasteiger partial charge in [-0.3, -0.25) is 9.47 Å². The number of imidazole rings is 1. The van der Waals surface area contributed by atoms with E-state index in [1.165, 1.54) is 4.57 Å². The van der Waals surface area contributed by atoms with Gasteiger partial charge in [0.2, 0.25) is 5.95 Å². The maximum atomic E-state index is 14.1. The maximum Gasteiger partial charge on any atom is 0.296 e. The number of nitrogens with one attached hydrogen (secondary N) is 1. The summed E-state index contributed by atoms with van der Waals surface area (Å²) in [6, 6.07) is 8.22. The molecular formula is C27H35F4N7O. The highest BCUT2D eigenvalue weighted by molar-refractivity contribution is 5.78. The van der Waals surface area contributed by atoms with Crippen LogP contribution in [-0.2, 0) is 4.74 Å². The molecule has 1 aliphatic carbocycles. The molecule has 0 bridgehead atoms. The Balaban J connectivity index is 1.37. The van der Waals surface area contributed by atoms with Crippen molar-refractivity contribution in [2.75, 3.05) is 63.5 Å². The Morgan fingerprint density at radius 3 is 2.38 bits per heavy atom. The van der Waals surface area contributed by atoms with Crippen molar-refractivity contribution >= 4 is 22.8 Å². The standard InChI is InChI=1S/C27H35F4N7O/c1-36(20(15-28)16-29)19-8-6-18(7-9-19)17-32-27-34-23(37-10-12-39-13-11-37)14-24(35-27)38-22-5-3-2-4-21(22)33-26(38)25(30)31/h2-5,14,18-20,25H,6-13,15-17H2,1H3,(H,32,34,35). The summed E-state index contributed by atoms with van der Waals surface area (Å²) in [7, 11) is 1.80. The number of hydrogen-bond acceptors (Lipinski definition) is 7. The van der Waals surface area contributed by atoms with Gasteiger partial charge in [-0.2, -0.15) is 9.97 Å². The van der Waals surface area contributed by atoms with Gasteiger partial charge in [0.05, 0.1) is 30.3 Å². The molecule has 1 N–H and O–H groups in total. The second-order valence-corrected chi connectivity index (χ2v) is 10.3. The molecular weight excluding hydrogens is 514 g/mol. The largest absolute Gasteiger partial charge is 0.378 e. The van der Waals surface area contributed by atoms with Crippen molar-refractivity contribution in [3.63, 3.8) is 0 Å². The molecule has 5 rings (SSSR count). The molecule has 3 aromatic rings. The zero-order valence-corrected chi connectivity index (χ0v) is 22.1. The Kier molecular flexibility index (Phi) is 8.81. The average molecular weight is 550 g/mol. The van der Waals surface area contributed by atoms with Crippen molar-refractivity contribution in [1.29, 1.82) is 0 Å². The van der Waals surface area contributed by atoms with Gasteiger partial charge in [0.15, 0.2) is 5.82 Å². The van der Waals surface area contributed by atoms with E-state index in [-0.39, 0.29) is 11.9 Å². The Morgan fingerprint density at radius 2 is 1.69 bits per heavy atom. The van der Waals surface area contributed by atoms with Gasteiger partial charge in [-0.15, -0.1) is 0 Å². The third-order valence-corrected chi connectivity index (χ3v) is 7.92. The molecule has 3 heterocycles. The fraction of sp³-hybridized carbons (Fsp3) is 0.593. The first-order valence-electron chi connectivity index (χ1n) is 13.5. The maximum absolute atomic E-state index is 14.1. The minimum Gasteiger partial charge on any atom is -0.378 e. The number of morpholine rings is 1. The molecule has 0 atom stereocenters. The van der Waals surface area contributed by atoms with E-state index < -0.39 is 25.8 Å². The smallest absolute Gasteiger partial charge is 0.296 e. The predicted molar refractivity (Wildman–Crippen MR) is 142 cm³/mol. The number of nitrogens with zero attached hydrogens (tertiary/aromatic N) is 6. The molecule has 0 amide bonds. The minimum absolute atomic E-state index is 0.160. The lowest BCUT2D eigenvalue weighted by atomic mass is 9.85. The van der Waals surface area contributed by atoms with Gasteiger partial charge in [0.25, 0.3) is 6.43 Å². The first kappa shape index (κ1) is 27.6. The van der Waals surface area contributed by atoms with Crippen LogP contribution in [-0.4, -0.2) is 89.7 Å². The number of ether oxygens (including phenoxy) is 1. The second-order valence-electron chi connectivity index (χ2n) is 10.3. The number of benzene rings is 1. The number of para-hydroxylation sites is 2. The van der Waals surface area contributed by atoms with Crippen LogP contribution < -0.4 is 10.2 Å². The molecule has 1 aromatic carbocycles. The highest BCUT2D eigenvalue weighted by Gasteiger charge is 2.28. The predicted octanol–water partition coefficient (Wildman–Crippen LogP) is 4.80.